The van der Waals surface area contributed by atoms with E-state index in [4.69, 9.17) is 0 Å². The van der Waals surface area contributed by atoms with E-state index < -0.39 is 18.4 Å². The first-order valence-corrected chi connectivity index (χ1v) is 11.4. The number of rotatable bonds is 8. The van der Waals surface area contributed by atoms with Gasteiger partial charge in [-0.2, -0.15) is 0 Å². The van der Waals surface area contributed by atoms with Crippen LogP contribution in [0.25, 0.3) is 10.4 Å². The van der Waals surface area contributed by atoms with Crippen LogP contribution in [0.1, 0.15) is 44.5 Å². The van der Waals surface area contributed by atoms with Crippen LogP contribution in [0.2, 0.25) is 0 Å². The van der Waals surface area contributed by atoms with Gasteiger partial charge in [-0.15, -0.1) is 11.3 Å². The van der Waals surface area contributed by atoms with Crippen molar-refractivity contribution in [3.8, 4) is 10.4 Å². The number of carbonyl (C=O) groups is 1. The van der Waals surface area contributed by atoms with Gasteiger partial charge < -0.3 is 20.8 Å². The molecule has 1 saturated heterocycles. The molecular formula is C22H32N4O3S. The molecule has 1 fully saturated rings. The smallest absolute Gasteiger partial charge is 0.238 e. The van der Waals surface area contributed by atoms with Gasteiger partial charge in [0.15, 0.2) is 0 Å². The Morgan fingerprint density at radius 2 is 2.03 bits per heavy atom. The minimum Gasteiger partial charge on any atom is -0.392 e. The number of amides is 1. The van der Waals surface area contributed by atoms with Crippen molar-refractivity contribution in [1.82, 2.24) is 20.5 Å². The molecule has 0 spiro atoms. The molecule has 4 N–H and O–H groups in total. The van der Waals surface area contributed by atoms with Crippen LogP contribution in [-0.4, -0.2) is 63.5 Å². The molecule has 0 bridgehead atoms. The Kier molecular flexibility index (Phi) is 7.60. The van der Waals surface area contributed by atoms with E-state index in [-0.39, 0.29) is 24.5 Å². The number of aliphatic hydroxyl groups is 2. The third kappa shape index (κ3) is 5.07. The third-order valence-corrected chi connectivity index (χ3v) is 6.69. The second-order valence-electron chi connectivity index (χ2n) is 7.98. The number of aromatic nitrogens is 1. The van der Waals surface area contributed by atoms with Crippen LogP contribution in [0, 0.1) is 6.92 Å². The first-order chi connectivity index (χ1) is 14.3. The number of likely N-dealkylation sites (N-methyl/N-ethyl adjacent to an activating group) is 1. The highest BCUT2D eigenvalue weighted by atomic mass is 32.1. The molecule has 0 radical (unpaired) electrons. The summed E-state index contributed by atoms with van der Waals surface area (Å²) in [4.78, 5) is 20.1. The maximum absolute atomic E-state index is 13.0. The van der Waals surface area contributed by atoms with Crippen molar-refractivity contribution < 1.29 is 15.0 Å². The summed E-state index contributed by atoms with van der Waals surface area (Å²) in [6, 6.07) is 7.19. The van der Waals surface area contributed by atoms with Gasteiger partial charge in [0.2, 0.25) is 5.91 Å². The normalized spacial score (nSPS) is 22.6. The Bertz CT molecular complexity index is 841. The Labute approximate surface area is 182 Å². The van der Waals surface area contributed by atoms with E-state index in [1.54, 1.807) is 16.2 Å². The van der Waals surface area contributed by atoms with Crippen LogP contribution >= 0.6 is 11.3 Å². The Hall–Kier alpha value is -1.84. The predicted molar refractivity (Wildman–Crippen MR) is 119 cm³/mol. The molecule has 2 aromatic rings. The van der Waals surface area contributed by atoms with Gasteiger partial charge in [0.05, 0.1) is 34.3 Å². The van der Waals surface area contributed by atoms with Crippen LogP contribution in [0.5, 0.6) is 0 Å². The number of nitrogens with zero attached hydrogens (tertiary/aromatic N) is 2. The highest BCUT2D eigenvalue weighted by Gasteiger charge is 2.41. The molecule has 1 aliphatic heterocycles. The van der Waals surface area contributed by atoms with E-state index in [1.165, 1.54) is 0 Å². The monoisotopic (exact) mass is 432 g/mol. The van der Waals surface area contributed by atoms with Crippen LogP contribution in [0.3, 0.4) is 0 Å². The molecule has 5 atom stereocenters. The van der Waals surface area contributed by atoms with E-state index in [1.807, 2.05) is 57.5 Å². The van der Waals surface area contributed by atoms with Crippen LogP contribution in [0.15, 0.2) is 29.8 Å². The van der Waals surface area contributed by atoms with E-state index in [0.717, 1.165) is 28.2 Å². The summed E-state index contributed by atoms with van der Waals surface area (Å²) in [6.07, 6.45) is -1.14. The molecule has 1 aromatic heterocycles. The van der Waals surface area contributed by atoms with Crippen molar-refractivity contribution in [3.05, 3.63) is 41.0 Å². The molecule has 0 aliphatic carbocycles. The molecule has 1 amide bonds. The van der Waals surface area contributed by atoms with Gasteiger partial charge in [-0.3, -0.25) is 9.69 Å². The molecule has 2 heterocycles. The van der Waals surface area contributed by atoms with E-state index in [2.05, 4.69) is 15.6 Å². The molecule has 2 unspecified atom stereocenters. The number of thiazole rings is 1. The first-order valence-electron chi connectivity index (χ1n) is 10.5. The molecule has 8 heteroatoms. The molecule has 1 aromatic carbocycles. The van der Waals surface area contributed by atoms with Crippen LogP contribution in [-0.2, 0) is 4.79 Å². The van der Waals surface area contributed by atoms with Gasteiger partial charge in [0.25, 0.3) is 0 Å². The van der Waals surface area contributed by atoms with Crippen molar-refractivity contribution >= 4 is 17.2 Å². The standard InChI is InChI=1S/C22H32N4O3S/c1-5-23-15(4)22(29)26-11-18(27)10-19(26)21(28)25-13(2)16-6-8-17(9-7-16)20-14(3)24-12-30-20/h6-9,12-13,15,18-19,22-23,27,29H,5,10-11H2,1-4H3,(H,25,28)/t13-,15?,18+,19-,22?/m0/s1. The number of β-amino-alcohol motifs (C(OH)–C–C–N with tert-alkyl or cyclic N) is 1. The maximum Gasteiger partial charge on any atom is 0.238 e. The molecule has 0 saturated carbocycles. The van der Waals surface area contributed by atoms with Gasteiger partial charge in [-0.25, -0.2) is 4.98 Å². The molecule has 1 aliphatic rings. The lowest BCUT2D eigenvalue weighted by atomic mass is 10.0. The number of benzene rings is 1. The molecule has 30 heavy (non-hydrogen) atoms. The minimum absolute atomic E-state index is 0.177. The first kappa shape index (κ1) is 22.8. The van der Waals surface area contributed by atoms with E-state index >= 15 is 0 Å². The zero-order chi connectivity index (χ0) is 21.8. The molecular weight excluding hydrogens is 400 g/mol. The van der Waals surface area contributed by atoms with E-state index in [0.29, 0.717) is 6.42 Å². The van der Waals surface area contributed by atoms with E-state index in [9.17, 15) is 15.0 Å². The average Bonchev–Trinajstić information content (AvgIpc) is 3.33. The quantitative estimate of drug-likeness (QED) is 0.510. The number of hydrogen-bond acceptors (Lipinski definition) is 7. The van der Waals surface area contributed by atoms with Gasteiger partial charge >= 0.3 is 0 Å². The lowest BCUT2D eigenvalue weighted by Gasteiger charge is -2.33. The fraction of sp³-hybridized carbons (Fsp3) is 0.545. The lowest BCUT2D eigenvalue weighted by molar-refractivity contribution is -0.131. The number of aliphatic hydroxyl groups excluding tert-OH is 2. The molecule has 164 valence electrons. The highest BCUT2D eigenvalue weighted by molar-refractivity contribution is 7.13. The summed E-state index contributed by atoms with van der Waals surface area (Å²) >= 11 is 1.61. The zero-order valence-electron chi connectivity index (χ0n) is 18.0. The predicted octanol–water partition coefficient (Wildman–Crippen LogP) is 2.05. The van der Waals surface area contributed by atoms with Crippen LogP contribution in [0.4, 0.5) is 0 Å². The summed E-state index contributed by atoms with van der Waals surface area (Å²) in [5.74, 6) is -0.177. The SMILES string of the molecule is CCNC(C)C(O)N1C[C@H](O)C[C@H]1C(=O)N[C@@H](C)c1ccc(-c2scnc2C)cc1. The summed E-state index contributed by atoms with van der Waals surface area (Å²) in [7, 11) is 0. The largest absolute Gasteiger partial charge is 0.392 e. The Morgan fingerprint density at radius 1 is 1.33 bits per heavy atom. The second kappa shape index (κ2) is 9.98. The molecule has 3 rings (SSSR count). The number of nitrogens with one attached hydrogen (secondary N) is 2. The fourth-order valence-electron chi connectivity index (χ4n) is 4.00. The summed E-state index contributed by atoms with van der Waals surface area (Å²) < 4.78 is 0. The van der Waals surface area contributed by atoms with Crippen molar-refractivity contribution in [2.24, 2.45) is 0 Å². The van der Waals surface area contributed by atoms with Gasteiger partial charge in [-0.05, 0) is 44.9 Å². The summed E-state index contributed by atoms with van der Waals surface area (Å²) in [5, 5.41) is 27.0. The number of likely N-dealkylation sites (tertiary alicyclic amines) is 1. The lowest BCUT2D eigenvalue weighted by Crippen LogP contribution is -2.54. The third-order valence-electron chi connectivity index (χ3n) is 5.71. The van der Waals surface area contributed by atoms with Gasteiger partial charge in [0.1, 0.15) is 6.23 Å². The summed E-state index contributed by atoms with van der Waals surface area (Å²) in [5.41, 5.74) is 4.97. The Balaban J connectivity index is 1.66. The highest BCUT2D eigenvalue weighted by Crippen LogP contribution is 2.28. The van der Waals surface area contributed by atoms with Crippen molar-refractivity contribution in [1.29, 1.82) is 0 Å². The Morgan fingerprint density at radius 3 is 2.63 bits per heavy atom. The zero-order valence-corrected chi connectivity index (χ0v) is 18.8. The maximum atomic E-state index is 13.0. The van der Waals surface area contributed by atoms with Gasteiger partial charge in [0, 0.05) is 12.6 Å². The minimum atomic E-state index is -0.838. The topological polar surface area (TPSA) is 97.7 Å². The second-order valence-corrected chi connectivity index (χ2v) is 8.84. The van der Waals surface area contributed by atoms with Gasteiger partial charge in [-0.1, -0.05) is 31.2 Å². The number of hydrogen-bond donors (Lipinski definition) is 4. The fourth-order valence-corrected chi connectivity index (χ4v) is 4.81. The van der Waals surface area contributed by atoms with Crippen LogP contribution < -0.4 is 10.6 Å². The van der Waals surface area contributed by atoms with Crippen molar-refractivity contribution in [2.45, 2.75) is 64.6 Å². The number of carbonyl (C=O) groups excluding carboxylic acids is 1. The number of aryl methyl sites for hydroxylation is 1. The van der Waals surface area contributed by atoms with Crippen molar-refractivity contribution in [3.63, 3.8) is 0 Å². The van der Waals surface area contributed by atoms with Crippen molar-refractivity contribution in [2.75, 3.05) is 13.1 Å². The summed E-state index contributed by atoms with van der Waals surface area (Å²) in [6.45, 7) is 8.79. The average molecular weight is 433 g/mol. The molecule has 7 nitrogen and oxygen atoms in total.